The summed E-state index contributed by atoms with van der Waals surface area (Å²) >= 11 is 0. The van der Waals surface area contributed by atoms with Crippen LogP contribution in [0, 0.1) is 10.1 Å². The van der Waals surface area contributed by atoms with E-state index in [0.29, 0.717) is 23.6 Å². The van der Waals surface area contributed by atoms with Crippen LogP contribution in [-0.2, 0) is 6.54 Å². The van der Waals surface area contributed by atoms with Crippen LogP contribution >= 0.6 is 0 Å². The molecule has 1 amide bonds. The molecule has 0 aliphatic rings. The summed E-state index contributed by atoms with van der Waals surface area (Å²) < 4.78 is 0. The molecule has 2 N–H and O–H groups in total. The van der Waals surface area contributed by atoms with Gasteiger partial charge in [-0.1, -0.05) is 42.5 Å². The first-order valence-corrected chi connectivity index (χ1v) is 11.1. The number of nitro benzene ring substituents is 1. The maximum Gasteiger partial charge on any atom is 0.269 e. The standard InChI is InChI=1S/C27H20N6O3/c34-27(23-13-14-28-24-4-2-1-3-22(23)24)32-26-15-25(30-17-31-26)19-7-9-20(10-8-19)29-16-18-5-11-21(12-6-18)33(35)36/h1-15,17,29H,16H2,(H,30,31,32,34). The van der Waals surface area contributed by atoms with Gasteiger partial charge in [0.05, 0.1) is 21.7 Å². The Kier molecular flexibility index (Phi) is 6.27. The van der Waals surface area contributed by atoms with Crippen molar-refractivity contribution in [3.8, 4) is 11.3 Å². The number of anilines is 2. The molecule has 9 nitrogen and oxygen atoms in total. The fraction of sp³-hybridized carbons (Fsp3) is 0.0370. The third-order valence-electron chi connectivity index (χ3n) is 5.63. The second-order valence-corrected chi connectivity index (χ2v) is 7.97. The Balaban J connectivity index is 1.26. The highest BCUT2D eigenvalue weighted by molar-refractivity contribution is 6.12. The number of hydrogen-bond donors (Lipinski definition) is 2. The minimum Gasteiger partial charge on any atom is -0.381 e. The first kappa shape index (κ1) is 22.6. The van der Waals surface area contributed by atoms with Crippen molar-refractivity contribution in [2.75, 3.05) is 10.6 Å². The maximum absolute atomic E-state index is 12.9. The predicted octanol–water partition coefficient (Wildman–Crippen LogP) is 5.46. The predicted molar refractivity (Wildman–Crippen MR) is 138 cm³/mol. The lowest BCUT2D eigenvalue weighted by Gasteiger charge is -2.09. The summed E-state index contributed by atoms with van der Waals surface area (Å²) in [4.78, 5) is 36.1. The highest BCUT2D eigenvalue weighted by Gasteiger charge is 2.12. The normalized spacial score (nSPS) is 10.7. The SMILES string of the molecule is O=C(Nc1cc(-c2ccc(NCc3ccc([N+](=O)[O-])cc3)cc2)ncn1)c1ccnc2ccccc12. The van der Waals surface area contributed by atoms with Gasteiger partial charge in [0.1, 0.15) is 12.1 Å². The third-order valence-corrected chi connectivity index (χ3v) is 5.63. The Labute approximate surface area is 206 Å². The van der Waals surface area contributed by atoms with Crippen molar-refractivity contribution in [3.05, 3.63) is 119 Å². The van der Waals surface area contributed by atoms with E-state index in [4.69, 9.17) is 0 Å². The molecule has 0 aliphatic heterocycles. The monoisotopic (exact) mass is 476 g/mol. The molecule has 0 atom stereocenters. The third kappa shape index (κ3) is 5.00. The van der Waals surface area contributed by atoms with Crippen molar-refractivity contribution < 1.29 is 9.72 Å². The van der Waals surface area contributed by atoms with E-state index in [1.165, 1.54) is 18.5 Å². The van der Waals surface area contributed by atoms with Crippen LogP contribution in [0.5, 0.6) is 0 Å². The number of para-hydroxylation sites is 1. The number of carbonyl (C=O) groups is 1. The summed E-state index contributed by atoms with van der Waals surface area (Å²) in [7, 11) is 0. The molecule has 0 saturated carbocycles. The van der Waals surface area contributed by atoms with Gasteiger partial charge in [-0.25, -0.2) is 9.97 Å². The number of fused-ring (bicyclic) bond motifs is 1. The molecule has 0 unspecified atom stereocenters. The molecule has 0 radical (unpaired) electrons. The van der Waals surface area contributed by atoms with E-state index >= 15 is 0 Å². The summed E-state index contributed by atoms with van der Waals surface area (Å²) in [5, 5.41) is 17.7. The van der Waals surface area contributed by atoms with Gasteiger partial charge in [0.15, 0.2) is 0 Å². The van der Waals surface area contributed by atoms with Gasteiger partial charge in [0.2, 0.25) is 0 Å². The Morgan fingerprint density at radius 1 is 0.889 bits per heavy atom. The Morgan fingerprint density at radius 2 is 1.67 bits per heavy atom. The lowest BCUT2D eigenvalue weighted by Crippen LogP contribution is -2.13. The molecule has 176 valence electrons. The highest BCUT2D eigenvalue weighted by atomic mass is 16.6. The van der Waals surface area contributed by atoms with Gasteiger partial charge >= 0.3 is 0 Å². The van der Waals surface area contributed by atoms with E-state index in [2.05, 4.69) is 25.6 Å². The zero-order chi connectivity index (χ0) is 24.9. The van der Waals surface area contributed by atoms with Crippen molar-refractivity contribution in [3.63, 3.8) is 0 Å². The van der Waals surface area contributed by atoms with Crippen molar-refractivity contribution in [1.29, 1.82) is 0 Å². The summed E-state index contributed by atoms with van der Waals surface area (Å²) in [5.41, 5.74) is 4.69. The van der Waals surface area contributed by atoms with Gasteiger partial charge in [-0.15, -0.1) is 0 Å². The first-order chi connectivity index (χ1) is 17.6. The molecule has 0 bridgehead atoms. The first-order valence-electron chi connectivity index (χ1n) is 11.1. The Bertz CT molecular complexity index is 1550. The fourth-order valence-corrected chi connectivity index (χ4v) is 3.76. The molecule has 0 aliphatic carbocycles. The topological polar surface area (TPSA) is 123 Å². The summed E-state index contributed by atoms with van der Waals surface area (Å²) in [6.45, 7) is 0.532. The van der Waals surface area contributed by atoms with Crippen molar-refractivity contribution in [1.82, 2.24) is 15.0 Å². The number of nitrogens with one attached hydrogen (secondary N) is 2. The minimum absolute atomic E-state index is 0.0673. The Morgan fingerprint density at radius 3 is 2.44 bits per heavy atom. The van der Waals surface area contributed by atoms with Gasteiger partial charge in [-0.3, -0.25) is 19.9 Å². The molecule has 36 heavy (non-hydrogen) atoms. The number of hydrogen-bond acceptors (Lipinski definition) is 7. The van der Waals surface area contributed by atoms with Crippen molar-refractivity contribution in [2.45, 2.75) is 6.54 Å². The van der Waals surface area contributed by atoms with Crippen molar-refractivity contribution in [2.24, 2.45) is 0 Å². The lowest BCUT2D eigenvalue weighted by molar-refractivity contribution is -0.384. The number of nitro groups is 1. The van der Waals surface area contributed by atoms with Crippen LogP contribution in [0.4, 0.5) is 17.2 Å². The molecule has 9 heteroatoms. The summed E-state index contributed by atoms with van der Waals surface area (Å²) in [6, 6.07) is 25.0. The lowest BCUT2D eigenvalue weighted by atomic mass is 10.1. The fourth-order valence-electron chi connectivity index (χ4n) is 3.76. The molecule has 5 rings (SSSR count). The van der Waals surface area contributed by atoms with E-state index in [-0.39, 0.29) is 11.6 Å². The number of carbonyl (C=O) groups excluding carboxylic acids is 1. The zero-order valence-corrected chi connectivity index (χ0v) is 19.0. The van der Waals surface area contributed by atoms with Crippen molar-refractivity contribution >= 4 is 34.0 Å². The van der Waals surface area contributed by atoms with E-state index in [1.807, 2.05) is 48.5 Å². The van der Waals surface area contributed by atoms with E-state index in [9.17, 15) is 14.9 Å². The Hall–Kier alpha value is -5.18. The number of aromatic nitrogens is 3. The van der Waals surface area contributed by atoms with Crippen LogP contribution in [0.15, 0.2) is 97.5 Å². The van der Waals surface area contributed by atoms with Gasteiger partial charge in [0, 0.05) is 47.6 Å². The number of nitrogens with zero attached hydrogens (tertiary/aromatic N) is 4. The average molecular weight is 476 g/mol. The quantitative estimate of drug-likeness (QED) is 0.236. The number of non-ortho nitro benzene ring substituents is 1. The molecule has 0 spiro atoms. The van der Waals surface area contributed by atoms with Crippen LogP contribution < -0.4 is 10.6 Å². The molecular formula is C27H20N6O3. The van der Waals surface area contributed by atoms with Gasteiger partial charge in [-0.05, 0) is 29.8 Å². The molecule has 2 aromatic heterocycles. The molecule has 5 aromatic rings. The van der Waals surface area contributed by atoms with Crippen LogP contribution in [0.2, 0.25) is 0 Å². The van der Waals surface area contributed by atoms with Gasteiger partial charge < -0.3 is 10.6 Å². The second-order valence-electron chi connectivity index (χ2n) is 7.97. The van der Waals surface area contributed by atoms with E-state index in [0.717, 1.165) is 27.7 Å². The van der Waals surface area contributed by atoms with Gasteiger partial charge in [-0.2, -0.15) is 0 Å². The largest absolute Gasteiger partial charge is 0.381 e. The smallest absolute Gasteiger partial charge is 0.269 e. The molecule has 0 saturated heterocycles. The van der Waals surface area contributed by atoms with E-state index in [1.54, 1.807) is 30.5 Å². The highest BCUT2D eigenvalue weighted by Crippen LogP contribution is 2.23. The molecule has 2 heterocycles. The van der Waals surface area contributed by atoms with Crippen LogP contribution in [-0.4, -0.2) is 25.8 Å². The molecular weight excluding hydrogens is 456 g/mol. The van der Waals surface area contributed by atoms with Crippen LogP contribution in [0.1, 0.15) is 15.9 Å². The zero-order valence-electron chi connectivity index (χ0n) is 19.0. The maximum atomic E-state index is 12.9. The minimum atomic E-state index is -0.416. The van der Waals surface area contributed by atoms with Crippen LogP contribution in [0.25, 0.3) is 22.2 Å². The van der Waals surface area contributed by atoms with E-state index < -0.39 is 4.92 Å². The number of amides is 1. The number of rotatable bonds is 7. The van der Waals surface area contributed by atoms with Gasteiger partial charge in [0.25, 0.3) is 11.6 Å². The van der Waals surface area contributed by atoms with Crippen LogP contribution in [0.3, 0.4) is 0 Å². The average Bonchev–Trinajstić information content (AvgIpc) is 2.92. The second kappa shape index (κ2) is 9.98. The molecule has 0 fully saturated rings. The summed E-state index contributed by atoms with van der Waals surface area (Å²) in [6.07, 6.45) is 3.02. The summed E-state index contributed by atoms with van der Waals surface area (Å²) in [5.74, 6) is 0.121. The number of benzene rings is 3. The molecule has 3 aromatic carbocycles. The number of pyridine rings is 1.